The molecule has 2 aromatic carbocycles. The fourth-order valence-corrected chi connectivity index (χ4v) is 5.42. The molecule has 0 spiro atoms. The van der Waals surface area contributed by atoms with Crippen molar-refractivity contribution in [2.24, 2.45) is 0 Å². The van der Waals surface area contributed by atoms with Gasteiger partial charge in [0, 0.05) is 17.5 Å². The van der Waals surface area contributed by atoms with E-state index in [0.29, 0.717) is 29.0 Å². The zero-order chi connectivity index (χ0) is 21.9. The average Bonchev–Trinajstić information content (AvgIpc) is 3.21. The number of aromatic nitrogens is 1. The van der Waals surface area contributed by atoms with Gasteiger partial charge in [-0.1, -0.05) is 19.9 Å². The van der Waals surface area contributed by atoms with Crippen LogP contribution in [0.2, 0.25) is 0 Å². The van der Waals surface area contributed by atoms with Gasteiger partial charge in [-0.15, -0.1) is 11.3 Å². The van der Waals surface area contributed by atoms with Crippen molar-refractivity contribution in [3.8, 4) is 10.6 Å². The minimum atomic E-state index is -4.02. The SMILES string of the molecule is CCCN(c1csc(-c2ccc(F)cc2)n1)S(=O)(=O)c1ccc(CC)c(C(=O)O)c1. The van der Waals surface area contributed by atoms with Crippen LogP contribution in [0.25, 0.3) is 10.6 Å². The lowest BCUT2D eigenvalue weighted by molar-refractivity contribution is 0.0695. The van der Waals surface area contributed by atoms with Crippen molar-refractivity contribution in [3.63, 3.8) is 0 Å². The molecule has 9 heteroatoms. The van der Waals surface area contributed by atoms with E-state index in [9.17, 15) is 22.7 Å². The highest BCUT2D eigenvalue weighted by Gasteiger charge is 2.28. The lowest BCUT2D eigenvalue weighted by atomic mass is 10.1. The summed E-state index contributed by atoms with van der Waals surface area (Å²) >= 11 is 1.25. The third-order valence-corrected chi connectivity index (χ3v) is 7.22. The largest absolute Gasteiger partial charge is 0.478 e. The summed E-state index contributed by atoms with van der Waals surface area (Å²) < 4.78 is 41.0. The Morgan fingerprint density at radius 2 is 1.87 bits per heavy atom. The third-order valence-electron chi connectivity index (χ3n) is 4.55. The molecular weight excluding hydrogens is 427 g/mol. The van der Waals surface area contributed by atoms with E-state index < -0.39 is 16.0 Å². The van der Waals surface area contributed by atoms with E-state index in [0.717, 1.165) is 0 Å². The highest BCUT2D eigenvalue weighted by molar-refractivity contribution is 7.92. The van der Waals surface area contributed by atoms with Gasteiger partial charge in [0.25, 0.3) is 10.0 Å². The Hall–Kier alpha value is -2.78. The van der Waals surface area contributed by atoms with Crippen molar-refractivity contribution < 1.29 is 22.7 Å². The normalized spacial score (nSPS) is 11.4. The van der Waals surface area contributed by atoms with Crippen LogP contribution in [0.3, 0.4) is 0 Å². The Balaban J connectivity index is 2.03. The van der Waals surface area contributed by atoms with Crippen molar-refractivity contribution >= 4 is 33.1 Å². The van der Waals surface area contributed by atoms with Gasteiger partial charge in [0.1, 0.15) is 10.8 Å². The molecule has 0 atom stereocenters. The van der Waals surface area contributed by atoms with Crippen molar-refractivity contribution in [2.45, 2.75) is 31.6 Å². The number of carbonyl (C=O) groups is 1. The van der Waals surface area contributed by atoms with Crippen LogP contribution < -0.4 is 4.31 Å². The zero-order valence-corrected chi connectivity index (χ0v) is 18.1. The van der Waals surface area contributed by atoms with Gasteiger partial charge in [0.2, 0.25) is 0 Å². The number of hydrogen-bond donors (Lipinski definition) is 1. The van der Waals surface area contributed by atoms with Crippen molar-refractivity contribution in [2.75, 3.05) is 10.8 Å². The van der Waals surface area contributed by atoms with Gasteiger partial charge in [-0.2, -0.15) is 0 Å². The number of aromatic carboxylic acids is 1. The first-order chi connectivity index (χ1) is 14.3. The maximum absolute atomic E-state index is 13.3. The Morgan fingerprint density at radius 3 is 2.47 bits per heavy atom. The Bertz CT molecular complexity index is 1160. The first-order valence-corrected chi connectivity index (χ1v) is 11.7. The molecule has 3 rings (SSSR count). The molecule has 0 bridgehead atoms. The lowest BCUT2D eigenvalue weighted by Gasteiger charge is -2.22. The highest BCUT2D eigenvalue weighted by atomic mass is 32.2. The summed E-state index contributed by atoms with van der Waals surface area (Å²) in [6.45, 7) is 3.84. The minimum absolute atomic E-state index is 0.0275. The Labute approximate surface area is 178 Å². The van der Waals surface area contributed by atoms with Crippen LogP contribution in [-0.2, 0) is 16.4 Å². The van der Waals surface area contributed by atoms with Crippen LogP contribution in [0.4, 0.5) is 10.2 Å². The number of nitrogens with zero attached hydrogens (tertiary/aromatic N) is 2. The molecule has 0 fully saturated rings. The van der Waals surface area contributed by atoms with E-state index in [-0.39, 0.29) is 28.6 Å². The Kier molecular flexibility index (Phi) is 6.52. The molecule has 0 aliphatic rings. The van der Waals surface area contributed by atoms with Gasteiger partial charge in [0.05, 0.1) is 10.5 Å². The molecule has 6 nitrogen and oxygen atoms in total. The Morgan fingerprint density at radius 1 is 1.17 bits per heavy atom. The van der Waals surface area contributed by atoms with Gasteiger partial charge in [-0.25, -0.2) is 26.9 Å². The molecule has 0 aliphatic heterocycles. The summed E-state index contributed by atoms with van der Waals surface area (Å²) in [7, 11) is -4.02. The first-order valence-electron chi connectivity index (χ1n) is 9.38. The number of carboxylic acid groups (broad SMARTS) is 1. The number of rotatable bonds is 8. The maximum Gasteiger partial charge on any atom is 0.336 e. The second-order valence-corrected chi connectivity index (χ2v) is 9.29. The van der Waals surface area contributed by atoms with E-state index in [1.807, 2.05) is 13.8 Å². The molecule has 0 saturated heterocycles. The minimum Gasteiger partial charge on any atom is -0.478 e. The van der Waals surface area contributed by atoms with Gasteiger partial charge in [-0.3, -0.25) is 0 Å². The number of halogens is 1. The average molecular weight is 449 g/mol. The molecule has 0 unspecified atom stereocenters. The quantitative estimate of drug-likeness (QED) is 0.534. The second kappa shape index (κ2) is 8.93. The van der Waals surface area contributed by atoms with Crippen molar-refractivity contribution in [1.82, 2.24) is 4.98 Å². The molecule has 3 aromatic rings. The summed E-state index contributed by atoms with van der Waals surface area (Å²) in [5.74, 6) is -1.29. The van der Waals surface area contributed by atoms with Crippen LogP contribution in [0.5, 0.6) is 0 Å². The van der Waals surface area contributed by atoms with Crippen LogP contribution in [0, 0.1) is 5.82 Å². The van der Waals surface area contributed by atoms with Gasteiger partial charge < -0.3 is 5.11 Å². The molecule has 1 heterocycles. The molecule has 30 heavy (non-hydrogen) atoms. The van der Waals surface area contributed by atoms with E-state index in [1.54, 1.807) is 17.5 Å². The number of sulfonamides is 1. The topological polar surface area (TPSA) is 87.6 Å². The first kappa shape index (κ1) is 21.9. The zero-order valence-electron chi connectivity index (χ0n) is 16.5. The van der Waals surface area contributed by atoms with Crippen LogP contribution >= 0.6 is 11.3 Å². The fraction of sp³-hybridized carbons (Fsp3) is 0.238. The van der Waals surface area contributed by atoms with E-state index in [2.05, 4.69) is 4.98 Å². The standard InChI is InChI=1S/C21H21FN2O4S2/c1-3-11-24(19-13-29-20(23-19)15-5-8-16(22)9-6-15)30(27,28)17-10-7-14(4-2)18(12-17)21(25)26/h5-10,12-13H,3-4,11H2,1-2H3,(H,25,26). The molecule has 1 N–H and O–H groups in total. The summed E-state index contributed by atoms with van der Waals surface area (Å²) in [6.07, 6.45) is 1.02. The molecule has 1 aromatic heterocycles. The smallest absolute Gasteiger partial charge is 0.336 e. The second-order valence-electron chi connectivity index (χ2n) is 6.57. The molecule has 158 valence electrons. The predicted octanol–water partition coefficient (Wildman–Crippen LogP) is 4.82. The number of benzene rings is 2. The molecule has 0 aliphatic carbocycles. The van der Waals surface area contributed by atoms with Gasteiger partial charge in [0.15, 0.2) is 5.82 Å². The van der Waals surface area contributed by atoms with Crippen LogP contribution in [0.15, 0.2) is 52.7 Å². The highest BCUT2D eigenvalue weighted by Crippen LogP contribution is 2.31. The predicted molar refractivity (Wildman–Crippen MR) is 115 cm³/mol. The summed E-state index contributed by atoms with van der Waals surface area (Å²) in [6, 6.07) is 9.96. The molecule has 0 saturated carbocycles. The lowest BCUT2D eigenvalue weighted by Crippen LogP contribution is -2.32. The number of aryl methyl sites for hydroxylation is 1. The fourth-order valence-electron chi connectivity index (χ4n) is 3.02. The van der Waals surface area contributed by atoms with E-state index in [4.69, 9.17) is 0 Å². The van der Waals surface area contributed by atoms with Gasteiger partial charge in [-0.05, 0) is 54.8 Å². The van der Waals surface area contributed by atoms with E-state index in [1.165, 1.54) is 46.0 Å². The number of hydrogen-bond acceptors (Lipinski definition) is 5. The monoisotopic (exact) mass is 448 g/mol. The third kappa shape index (κ3) is 4.36. The molecule has 0 radical (unpaired) electrons. The number of thiazole rings is 1. The van der Waals surface area contributed by atoms with E-state index >= 15 is 0 Å². The van der Waals surface area contributed by atoms with Crippen LogP contribution in [0.1, 0.15) is 36.2 Å². The van der Waals surface area contributed by atoms with Crippen molar-refractivity contribution in [3.05, 3.63) is 64.8 Å². The van der Waals surface area contributed by atoms with Crippen LogP contribution in [-0.4, -0.2) is 31.0 Å². The number of anilines is 1. The summed E-state index contributed by atoms with van der Waals surface area (Å²) in [4.78, 5) is 15.9. The number of carboxylic acids is 1. The summed E-state index contributed by atoms with van der Waals surface area (Å²) in [5.41, 5.74) is 1.22. The summed E-state index contributed by atoms with van der Waals surface area (Å²) in [5, 5.41) is 11.6. The maximum atomic E-state index is 13.3. The van der Waals surface area contributed by atoms with Crippen molar-refractivity contribution in [1.29, 1.82) is 0 Å². The molecule has 0 amide bonds. The van der Waals surface area contributed by atoms with Gasteiger partial charge >= 0.3 is 5.97 Å². The molecular formula is C21H21FN2O4S2.